The monoisotopic (exact) mass is 688 g/mol. The summed E-state index contributed by atoms with van der Waals surface area (Å²) in [6.07, 6.45) is -6.36. The van der Waals surface area contributed by atoms with E-state index < -0.39 is 51.5 Å². The van der Waals surface area contributed by atoms with E-state index in [1.54, 1.807) is 22.9 Å². The van der Waals surface area contributed by atoms with Gasteiger partial charge in [0.15, 0.2) is 0 Å². The fourth-order valence-corrected chi connectivity index (χ4v) is 7.16. The number of anilines is 2. The number of fused-ring (bicyclic) bond motifs is 1. The molecule has 4 rings (SSSR count). The van der Waals surface area contributed by atoms with Crippen molar-refractivity contribution in [2.75, 3.05) is 57.6 Å². The Bertz CT molecular complexity index is 1740. The van der Waals surface area contributed by atoms with Crippen molar-refractivity contribution in [1.82, 2.24) is 9.62 Å². The van der Waals surface area contributed by atoms with Crippen molar-refractivity contribution in [3.05, 3.63) is 46.6 Å². The van der Waals surface area contributed by atoms with Gasteiger partial charge in [0.2, 0.25) is 5.91 Å². The van der Waals surface area contributed by atoms with E-state index in [9.17, 15) is 35.2 Å². The van der Waals surface area contributed by atoms with E-state index in [4.69, 9.17) is 9.47 Å². The van der Waals surface area contributed by atoms with Crippen LogP contribution in [-0.2, 0) is 26.0 Å². The third-order valence-electron chi connectivity index (χ3n) is 7.00. The average molecular weight is 689 g/mol. The van der Waals surface area contributed by atoms with Crippen molar-refractivity contribution in [2.45, 2.75) is 43.1 Å². The number of ether oxygens (including phenoxy) is 2. The van der Waals surface area contributed by atoms with Gasteiger partial charge < -0.3 is 25.0 Å². The van der Waals surface area contributed by atoms with Crippen LogP contribution in [0.4, 0.5) is 33.3 Å². The first-order valence-electron chi connectivity index (χ1n) is 14.1. The molecule has 1 fully saturated rings. The molecule has 1 saturated heterocycles. The lowest BCUT2D eigenvalue weighted by Gasteiger charge is -2.33. The molecule has 1 aliphatic rings. The molecule has 1 aromatic heterocycles. The molecule has 0 bridgehead atoms. The van der Waals surface area contributed by atoms with Crippen LogP contribution in [0.1, 0.15) is 23.8 Å². The van der Waals surface area contributed by atoms with Gasteiger partial charge in [0.05, 0.1) is 46.6 Å². The van der Waals surface area contributed by atoms with Gasteiger partial charge in [-0.1, -0.05) is 24.0 Å². The fraction of sp³-hybridized carbons (Fsp3) is 0.433. The number of piperidine rings is 1. The van der Waals surface area contributed by atoms with E-state index >= 15 is 0 Å². The molecule has 3 N–H and O–H groups in total. The third kappa shape index (κ3) is 8.99. The number of benzene rings is 2. The highest BCUT2D eigenvalue weighted by atomic mass is 32.2. The maximum absolute atomic E-state index is 14.9. The SMILES string of the molecule is COCCOc1cc(S(=O)(=O)NC(C)=O)c(F)cc1NCC#Cc1sc2c(NC3CCN(C)CC3F)cccc2c1CC(F)(F)F. The summed E-state index contributed by atoms with van der Waals surface area (Å²) in [6.45, 7) is 1.81. The Hall–Kier alpha value is -3.65. The molecular weight excluding hydrogens is 655 g/mol. The highest BCUT2D eigenvalue weighted by Crippen LogP contribution is 2.39. The van der Waals surface area contributed by atoms with Gasteiger partial charge in [0, 0.05) is 39.3 Å². The number of rotatable bonds is 11. The molecule has 3 aromatic rings. The number of methoxy groups -OCH3 is 1. The van der Waals surface area contributed by atoms with E-state index in [1.807, 2.05) is 11.9 Å². The van der Waals surface area contributed by atoms with E-state index in [0.29, 0.717) is 28.7 Å². The van der Waals surface area contributed by atoms with Gasteiger partial charge in [-0.25, -0.2) is 21.9 Å². The summed E-state index contributed by atoms with van der Waals surface area (Å²) in [4.78, 5) is 12.5. The second-order valence-electron chi connectivity index (χ2n) is 10.6. The number of carbonyl (C=O) groups is 1. The Morgan fingerprint density at radius 1 is 1.20 bits per heavy atom. The predicted octanol–water partition coefficient (Wildman–Crippen LogP) is 4.91. The number of hydrogen-bond donors (Lipinski definition) is 3. The van der Waals surface area contributed by atoms with Crippen molar-refractivity contribution in [3.8, 4) is 17.6 Å². The number of nitrogens with zero attached hydrogens (tertiary/aromatic N) is 1. The molecular formula is C30H33F5N4O5S2. The maximum Gasteiger partial charge on any atom is 0.393 e. The quantitative estimate of drug-likeness (QED) is 0.148. The Kier molecular flexibility index (Phi) is 11.4. The second kappa shape index (κ2) is 14.8. The molecule has 9 nitrogen and oxygen atoms in total. The molecule has 1 aliphatic heterocycles. The van der Waals surface area contributed by atoms with Gasteiger partial charge in [-0.3, -0.25) is 4.79 Å². The number of halogens is 5. The number of amides is 1. The summed E-state index contributed by atoms with van der Waals surface area (Å²) < 4.78 is 108. The van der Waals surface area contributed by atoms with Crippen LogP contribution < -0.4 is 20.1 Å². The summed E-state index contributed by atoms with van der Waals surface area (Å²) >= 11 is 1.06. The molecule has 0 aliphatic carbocycles. The normalized spacial score (nSPS) is 17.3. The third-order valence-corrected chi connectivity index (χ3v) is 9.64. The van der Waals surface area contributed by atoms with Crippen LogP contribution in [0.5, 0.6) is 5.75 Å². The summed E-state index contributed by atoms with van der Waals surface area (Å²) in [5.74, 6) is 3.36. The summed E-state index contributed by atoms with van der Waals surface area (Å²) in [6, 6.07) is 6.16. The van der Waals surface area contributed by atoms with Crippen LogP contribution in [0.3, 0.4) is 0 Å². The molecule has 0 saturated carbocycles. The van der Waals surface area contributed by atoms with Crippen LogP contribution in [0.25, 0.3) is 10.1 Å². The zero-order chi connectivity index (χ0) is 33.6. The Labute approximate surface area is 267 Å². The predicted molar refractivity (Wildman–Crippen MR) is 166 cm³/mol. The van der Waals surface area contributed by atoms with Crippen molar-refractivity contribution in [2.24, 2.45) is 0 Å². The summed E-state index contributed by atoms with van der Waals surface area (Å²) in [5, 5.41) is 6.36. The lowest BCUT2D eigenvalue weighted by molar-refractivity contribution is -0.127. The van der Waals surface area contributed by atoms with Gasteiger partial charge in [-0.2, -0.15) is 13.2 Å². The Balaban J connectivity index is 1.63. The topological polar surface area (TPSA) is 109 Å². The standard InChI is InChI=1S/C30H33F5N4O5S2/c1-18(40)38-46(41,42)28-15-26(44-13-12-43-3)25(14-21(28)31)36-10-5-8-27-20(16-30(33,34)35)19-6-4-7-24(29(19)45-27)37-23-9-11-39(2)17-22(23)32/h4,6-7,14-15,22-23,36-37H,9-13,16-17H2,1-3H3,(H,38,40). The second-order valence-corrected chi connectivity index (χ2v) is 13.3. The molecule has 1 amide bonds. The van der Waals surface area contributed by atoms with Crippen LogP contribution >= 0.6 is 11.3 Å². The van der Waals surface area contributed by atoms with Gasteiger partial charge in [0.1, 0.15) is 29.2 Å². The van der Waals surface area contributed by atoms with Crippen LogP contribution in [-0.4, -0.2) is 84.6 Å². The number of sulfonamides is 1. The highest BCUT2D eigenvalue weighted by molar-refractivity contribution is 7.90. The molecule has 250 valence electrons. The Morgan fingerprint density at radius 2 is 1.96 bits per heavy atom. The molecule has 2 heterocycles. The maximum atomic E-state index is 14.9. The number of nitrogens with one attached hydrogen (secondary N) is 3. The van der Waals surface area contributed by atoms with Crippen molar-refractivity contribution in [3.63, 3.8) is 0 Å². The summed E-state index contributed by atoms with van der Waals surface area (Å²) in [5.41, 5.74) is 0.532. The highest BCUT2D eigenvalue weighted by Gasteiger charge is 2.32. The molecule has 46 heavy (non-hydrogen) atoms. The van der Waals surface area contributed by atoms with E-state index in [0.717, 1.165) is 30.4 Å². The molecule has 2 unspecified atom stereocenters. The largest absolute Gasteiger partial charge is 0.489 e. The van der Waals surface area contributed by atoms with Gasteiger partial charge in [-0.05, 0) is 30.5 Å². The smallest absolute Gasteiger partial charge is 0.393 e. The first-order chi connectivity index (χ1) is 21.7. The lowest BCUT2D eigenvalue weighted by Crippen LogP contribution is -2.46. The molecule has 2 aromatic carbocycles. The minimum atomic E-state index is -4.53. The van der Waals surface area contributed by atoms with Gasteiger partial charge in [-0.15, -0.1) is 11.3 Å². The number of likely N-dealkylation sites (tertiary alicyclic amines) is 1. The van der Waals surface area contributed by atoms with E-state index in [2.05, 4.69) is 22.5 Å². The van der Waals surface area contributed by atoms with Crippen molar-refractivity contribution >= 4 is 48.7 Å². The molecule has 2 atom stereocenters. The number of alkyl halides is 4. The number of carbonyl (C=O) groups excluding carboxylic acids is 1. The average Bonchev–Trinajstić information content (AvgIpc) is 3.29. The molecule has 0 spiro atoms. The van der Waals surface area contributed by atoms with Gasteiger partial charge >= 0.3 is 6.18 Å². The van der Waals surface area contributed by atoms with E-state index in [1.165, 1.54) is 7.11 Å². The van der Waals surface area contributed by atoms with Crippen molar-refractivity contribution < 1.29 is 44.6 Å². The lowest BCUT2D eigenvalue weighted by atomic mass is 10.0. The van der Waals surface area contributed by atoms with E-state index in [-0.39, 0.29) is 48.2 Å². The minimum absolute atomic E-state index is 0.00834. The zero-order valence-corrected chi connectivity index (χ0v) is 26.8. The van der Waals surface area contributed by atoms with Crippen molar-refractivity contribution in [1.29, 1.82) is 0 Å². The van der Waals surface area contributed by atoms with Crippen LogP contribution in [0.15, 0.2) is 35.2 Å². The Morgan fingerprint density at radius 3 is 2.63 bits per heavy atom. The van der Waals surface area contributed by atoms with Crippen LogP contribution in [0, 0.1) is 17.7 Å². The number of thiophene rings is 1. The minimum Gasteiger partial charge on any atom is -0.489 e. The number of hydrogen-bond acceptors (Lipinski definition) is 9. The molecule has 0 radical (unpaired) electrons. The summed E-state index contributed by atoms with van der Waals surface area (Å²) in [7, 11) is -1.29. The molecule has 16 heteroatoms. The zero-order valence-electron chi connectivity index (χ0n) is 25.2. The fourth-order valence-electron chi connectivity index (χ4n) is 4.92. The first-order valence-corrected chi connectivity index (χ1v) is 16.4. The first kappa shape index (κ1) is 35.2. The van der Waals surface area contributed by atoms with Crippen LogP contribution in [0.2, 0.25) is 0 Å². The van der Waals surface area contributed by atoms with Gasteiger partial charge in [0.25, 0.3) is 10.0 Å².